The highest BCUT2D eigenvalue weighted by atomic mass is 19.1. The van der Waals surface area contributed by atoms with Gasteiger partial charge in [-0.15, -0.1) is 0 Å². The molecule has 1 amide bonds. The molecule has 0 spiro atoms. The third kappa shape index (κ3) is 4.77. The van der Waals surface area contributed by atoms with Crippen LogP contribution in [0.4, 0.5) is 20.3 Å². The first-order valence-corrected chi connectivity index (χ1v) is 15.3. The summed E-state index contributed by atoms with van der Waals surface area (Å²) in [5, 5.41) is 21.5. The minimum atomic E-state index is -0.880. The Balaban J connectivity index is 1.28. The Hall–Kier alpha value is -3.57. The van der Waals surface area contributed by atoms with Gasteiger partial charge in [-0.3, -0.25) is 9.69 Å². The number of halogens is 2. The molecule has 3 saturated heterocycles. The monoisotopic (exact) mass is 593 g/mol. The predicted octanol–water partition coefficient (Wildman–Crippen LogP) is 4.36. The molecule has 0 aliphatic carbocycles. The van der Waals surface area contributed by atoms with Crippen molar-refractivity contribution in [2.75, 3.05) is 49.2 Å². The number of carbonyl (C=O) groups is 1. The lowest BCUT2D eigenvalue weighted by molar-refractivity contribution is 0.0995. The van der Waals surface area contributed by atoms with Crippen molar-refractivity contribution in [3.05, 3.63) is 46.9 Å². The smallest absolute Gasteiger partial charge is 0.318 e. The van der Waals surface area contributed by atoms with Gasteiger partial charge in [-0.25, -0.2) is 8.78 Å². The van der Waals surface area contributed by atoms with Crippen LogP contribution in [-0.4, -0.2) is 82.1 Å². The van der Waals surface area contributed by atoms with Crippen LogP contribution in [0.2, 0.25) is 0 Å². The molecule has 2 N–H and O–H groups in total. The number of aliphatic hydroxyl groups is 1. The first-order chi connectivity index (χ1) is 20.8. The molecular weight excluding hydrogens is 556 g/mol. The fourth-order valence-corrected chi connectivity index (χ4v) is 7.66. The Labute approximate surface area is 249 Å². The lowest BCUT2D eigenvalue weighted by atomic mass is 9.95. The van der Waals surface area contributed by atoms with Crippen molar-refractivity contribution in [1.29, 1.82) is 0 Å². The van der Waals surface area contributed by atoms with Crippen molar-refractivity contribution in [2.24, 2.45) is 5.92 Å². The zero-order valence-corrected chi connectivity index (χ0v) is 24.4. The molecule has 2 aromatic carbocycles. The number of carbonyl (C=O) groups excluding carboxylic acids is 1. The van der Waals surface area contributed by atoms with Gasteiger partial charge in [-0.2, -0.15) is 9.97 Å². The summed E-state index contributed by atoms with van der Waals surface area (Å²) in [5.41, 5.74) is 1.38. The Morgan fingerprint density at radius 1 is 1.16 bits per heavy atom. The van der Waals surface area contributed by atoms with E-state index in [-0.39, 0.29) is 54.7 Å². The normalized spacial score (nSPS) is 24.3. The SMILES string of the molecule is CCc1c(F)ccc2cc(O)cc(N3Cc4nc(OCC56CCCN5CC(F)C6)nc(N5CCC(CO)CC5)c4C3=O)c12. The molecule has 3 fully saturated rings. The molecule has 5 heterocycles. The number of phenols is 1. The largest absolute Gasteiger partial charge is 0.508 e. The Morgan fingerprint density at radius 3 is 2.74 bits per heavy atom. The molecule has 43 heavy (non-hydrogen) atoms. The van der Waals surface area contributed by atoms with E-state index in [1.165, 1.54) is 17.0 Å². The van der Waals surface area contributed by atoms with Gasteiger partial charge >= 0.3 is 6.01 Å². The van der Waals surface area contributed by atoms with Crippen molar-refractivity contribution >= 4 is 28.2 Å². The number of aryl methyl sites for hydroxylation is 1. The summed E-state index contributed by atoms with van der Waals surface area (Å²) in [5.74, 6) is -0.0405. The summed E-state index contributed by atoms with van der Waals surface area (Å²) in [6.45, 7) is 4.85. The minimum absolute atomic E-state index is 0.0237. The Morgan fingerprint density at radius 2 is 1.98 bits per heavy atom. The van der Waals surface area contributed by atoms with Gasteiger partial charge in [0, 0.05) is 44.1 Å². The Kier molecular flexibility index (Phi) is 7.12. The van der Waals surface area contributed by atoms with Crippen LogP contribution in [0.15, 0.2) is 24.3 Å². The van der Waals surface area contributed by atoms with Gasteiger partial charge in [0.1, 0.15) is 35.7 Å². The lowest BCUT2D eigenvalue weighted by Gasteiger charge is -2.33. The number of alkyl halides is 1. The number of benzene rings is 2. The molecule has 228 valence electrons. The second-order valence-corrected chi connectivity index (χ2v) is 12.5. The molecule has 3 aromatic rings. The highest BCUT2D eigenvalue weighted by Crippen LogP contribution is 2.43. The van der Waals surface area contributed by atoms with Gasteiger partial charge in [0.25, 0.3) is 5.91 Å². The molecule has 11 heteroatoms. The molecule has 2 atom stereocenters. The van der Waals surface area contributed by atoms with E-state index in [0.717, 1.165) is 32.2 Å². The molecule has 4 aliphatic rings. The average molecular weight is 594 g/mol. The summed E-state index contributed by atoms with van der Waals surface area (Å²) in [6.07, 6.45) is 3.32. The lowest BCUT2D eigenvalue weighted by Crippen LogP contribution is -2.43. The Bertz CT molecular complexity index is 1580. The van der Waals surface area contributed by atoms with Crippen LogP contribution in [0.5, 0.6) is 11.8 Å². The molecule has 0 saturated carbocycles. The average Bonchev–Trinajstić information content (AvgIpc) is 3.65. The van der Waals surface area contributed by atoms with Crippen molar-refractivity contribution in [3.8, 4) is 11.8 Å². The summed E-state index contributed by atoms with van der Waals surface area (Å²) in [6, 6.07) is 6.22. The number of anilines is 2. The van der Waals surface area contributed by atoms with E-state index in [2.05, 4.69) is 4.90 Å². The maximum Gasteiger partial charge on any atom is 0.318 e. The fraction of sp³-hybridized carbons (Fsp3) is 0.531. The second kappa shape index (κ2) is 10.9. The summed E-state index contributed by atoms with van der Waals surface area (Å²) < 4.78 is 35.6. The number of hydrogen-bond acceptors (Lipinski definition) is 8. The molecule has 0 bridgehead atoms. The van der Waals surface area contributed by atoms with Gasteiger partial charge < -0.3 is 24.7 Å². The van der Waals surface area contributed by atoms with Crippen LogP contribution in [-0.2, 0) is 13.0 Å². The van der Waals surface area contributed by atoms with Crippen molar-refractivity contribution < 1.29 is 28.5 Å². The first-order valence-electron chi connectivity index (χ1n) is 15.3. The molecule has 4 aliphatic heterocycles. The number of phenolic OH excluding ortho intramolecular Hbond substituents is 1. The molecule has 0 radical (unpaired) electrons. The van der Waals surface area contributed by atoms with E-state index >= 15 is 0 Å². The quantitative estimate of drug-likeness (QED) is 0.417. The number of aromatic nitrogens is 2. The van der Waals surface area contributed by atoms with Crippen LogP contribution >= 0.6 is 0 Å². The van der Waals surface area contributed by atoms with E-state index in [0.29, 0.717) is 71.6 Å². The third-order valence-corrected chi connectivity index (χ3v) is 9.89. The maximum absolute atomic E-state index is 14.9. The number of ether oxygens (including phenoxy) is 1. The number of amides is 1. The van der Waals surface area contributed by atoms with Gasteiger partial charge in [0.2, 0.25) is 0 Å². The van der Waals surface area contributed by atoms with Crippen LogP contribution < -0.4 is 14.5 Å². The first kappa shape index (κ1) is 28.2. The molecule has 9 nitrogen and oxygen atoms in total. The topological polar surface area (TPSA) is 102 Å². The standard InChI is InChI=1S/C32H37F2N5O4/c1-2-23-24(34)5-4-20-12-22(41)13-26(27(20)23)39-16-25-28(30(39)42)29(37-10-6-19(17-40)7-11-37)36-31(35-25)43-18-32-8-3-9-38(32)15-21(33)14-32/h4-5,12-13,19,21,40-41H,2-3,6-11,14-18H2,1H3. The second-order valence-electron chi connectivity index (χ2n) is 12.5. The van der Waals surface area contributed by atoms with Crippen LogP contribution in [0.3, 0.4) is 0 Å². The number of aliphatic hydroxyl groups excluding tert-OH is 1. The number of hydrogen-bond donors (Lipinski definition) is 2. The molecule has 1 aromatic heterocycles. The van der Waals surface area contributed by atoms with Gasteiger partial charge in [-0.1, -0.05) is 13.0 Å². The van der Waals surface area contributed by atoms with E-state index in [1.807, 2.05) is 11.8 Å². The van der Waals surface area contributed by atoms with E-state index < -0.39 is 6.17 Å². The van der Waals surface area contributed by atoms with Gasteiger partial charge in [0.05, 0.1) is 23.5 Å². The predicted molar refractivity (Wildman–Crippen MR) is 158 cm³/mol. The maximum atomic E-state index is 14.9. The van der Waals surface area contributed by atoms with E-state index in [4.69, 9.17) is 14.7 Å². The van der Waals surface area contributed by atoms with E-state index in [1.54, 1.807) is 12.1 Å². The highest BCUT2D eigenvalue weighted by Gasteiger charge is 2.49. The fourth-order valence-electron chi connectivity index (χ4n) is 7.66. The third-order valence-electron chi connectivity index (χ3n) is 9.89. The zero-order chi connectivity index (χ0) is 29.9. The van der Waals surface area contributed by atoms with Gasteiger partial charge in [-0.05, 0) is 67.6 Å². The number of nitrogens with zero attached hydrogens (tertiary/aromatic N) is 5. The number of piperidine rings is 1. The van der Waals surface area contributed by atoms with Crippen LogP contribution in [0.1, 0.15) is 60.6 Å². The number of fused-ring (bicyclic) bond motifs is 3. The summed E-state index contributed by atoms with van der Waals surface area (Å²) in [7, 11) is 0. The van der Waals surface area contributed by atoms with E-state index in [9.17, 15) is 23.8 Å². The summed E-state index contributed by atoms with van der Waals surface area (Å²) in [4.78, 5) is 29.4. The highest BCUT2D eigenvalue weighted by molar-refractivity contribution is 6.16. The number of aromatic hydroxyl groups is 1. The van der Waals surface area contributed by atoms with Crippen LogP contribution in [0, 0.1) is 11.7 Å². The molecular formula is C32H37F2N5O4. The van der Waals surface area contributed by atoms with Crippen LogP contribution in [0.25, 0.3) is 10.8 Å². The van der Waals surface area contributed by atoms with Crippen molar-refractivity contribution in [3.63, 3.8) is 0 Å². The van der Waals surface area contributed by atoms with Gasteiger partial charge in [0.15, 0.2) is 0 Å². The summed E-state index contributed by atoms with van der Waals surface area (Å²) >= 11 is 0. The molecule has 2 unspecified atom stereocenters. The van der Waals surface area contributed by atoms with Crippen molar-refractivity contribution in [2.45, 2.75) is 63.7 Å². The molecule has 7 rings (SSSR count). The minimum Gasteiger partial charge on any atom is -0.508 e. The van der Waals surface area contributed by atoms with Crippen molar-refractivity contribution in [1.82, 2.24) is 14.9 Å². The number of rotatable bonds is 7. The zero-order valence-electron chi connectivity index (χ0n) is 24.4.